The molecule has 17 heavy (non-hydrogen) atoms. The Morgan fingerprint density at radius 3 is 2.82 bits per heavy atom. The molecule has 1 aromatic heterocycles. The summed E-state index contributed by atoms with van der Waals surface area (Å²) in [5.41, 5.74) is 1.14. The van der Waals surface area contributed by atoms with Crippen LogP contribution in [0.3, 0.4) is 0 Å². The van der Waals surface area contributed by atoms with E-state index in [2.05, 4.69) is 10.2 Å². The summed E-state index contributed by atoms with van der Waals surface area (Å²) in [6.07, 6.45) is 0. The fraction of sp³-hybridized carbons (Fsp3) is 0.0909. The Balaban J connectivity index is 2.43. The molecule has 0 amide bonds. The van der Waals surface area contributed by atoms with Crippen molar-refractivity contribution in [3.05, 3.63) is 46.2 Å². The van der Waals surface area contributed by atoms with Gasteiger partial charge in [0.15, 0.2) is 9.84 Å². The lowest BCUT2D eigenvalue weighted by molar-refractivity contribution is 0.594. The zero-order valence-corrected chi connectivity index (χ0v) is 9.49. The topological polar surface area (TPSA) is 79.9 Å². The van der Waals surface area contributed by atoms with Crippen molar-refractivity contribution < 1.29 is 8.42 Å². The highest BCUT2D eigenvalue weighted by Crippen LogP contribution is 2.34. The molecule has 1 N–H and O–H groups in total. The smallest absolute Gasteiger partial charge is 0.264 e. The summed E-state index contributed by atoms with van der Waals surface area (Å²) < 4.78 is 24.0. The lowest BCUT2D eigenvalue weighted by atomic mass is 10.1. The minimum Gasteiger partial charge on any atom is -0.268 e. The number of fused-ring (bicyclic) bond motifs is 3. The first kappa shape index (κ1) is 10.2. The van der Waals surface area contributed by atoms with Crippen LogP contribution in [-0.2, 0) is 15.6 Å². The van der Waals surface area contributed by atoms with Gasteiger partial charge in [-0.15, -0.1) is 0 Å². The van der Waals surface area contributed by atoms with E-state index in [1.54, 1.807) is 24.3 Å². The summed E-state index contributed by atoms with van der Waals surface area (Å²) in [7, 11) is -3.36. The lowest BCUT2D eigenvalue weighted by Crippen LogP contribution is -2.18. The largest absolute Gasteiger partial charge is 0.268 e. The second-order valence-corrected chi connectivity index (χ2v) is 5.82. The molecule has 0 unspecified atom stereocenters. The van der Waals surface area contributed by atoms with Crippen molar-refractivity contribution in [3.63, 3.8) is 0 Å². The molecule has 5 nitrogen and oxygen atoms in total. The maximum absolute atomic E-state index is 12.0. The second-order valence-electron chi connectivity index (χ2n) is 3.86. The molecule has 1 aliphatic heterocycles. The minimum absolute atomic E-state index is 0.170. The lowest BCUT2D eigenvalue weighted by Gasteiger charge is -2.17. The van der Waals surface area contributed by atoms with E-state index < -0.39 is 15.4 Å². The van der Waals surface area contributed by atoms with Crippen molar-refractivity contribution in [1.82, 2.24) is 10.2 Å². The molecule has 0 saturated heterocycles. The van der Waals surface area contributed by atoms with Gasteiger partial charge in [0.25, 0.3) is 5.56 Å². The van der Waals surface area contributed by atoms with Crippen LogP contribution in [0.2, 0.25) is 0 Å². The molecule has 0 spiro atoms. The third-order valence-electron chi connectivity index (χ3n) is 2.71. The number of rotatable bonds is 0. The van der Waals surface area contributed by atoms with Crippen LogP contribution in [0, 0.1) is 0 Å². The molecule has 1 aromatic carbocycles. The molecule has 86 valence electrons. The van der Waals surface area contributed by atoms with Crippen molar-refractivity contribution in [2.24, 2.45) is 0 Å². The molecule has 1 aliphatic rings. The standard InChI is InChI=1S/C11H8N2O3S/c14-10-5-7-6-17(15,16)9-4-2-1-3-8(9)11(7)13-12-10/h1-5H,6H2,(H,12,14). The van der Waals surface area contributed by atoms with Crippen LogP contribution in [0.4, 0.5) is 0 Å². The van der Waals surface area contributed by atoms with Crippen LogP contribution < -0.4 is 5.56 Å². The van der Waals surface area contributed by atoms with Crippen molar-refractivity contribution in [3.8, 4) is 11.3 Å². The Hall–Kier alpha value is -1.95. The second kappa shape index (κ2) is 3.27. The quantitative estimate of drug-likeness (QED) is 0.745. The van der Waals surface area contributed by atoms with E-state index in [-0.39, 0.29) is 10.6 Å². The number of sulfone groups is 1. The molecule has 0 radical (unpaired) electrons. The van der Waals surface area contributed by atoms with E-state index in [4.69, 9.17) is 0 Å². The van der Waals surface area contributed by atoms with Crippen LogP contribution in [0.1, 0.15) is 5.56 Å². The number of aromatic nitrogens is 2. The van der Waals surface area contributed by atoms with E-state index >= 15 is 0 Å². The monoisotopic (exact) mass is 248 g/mol. The highest BCUT2D eigenvalue weighted by atomic mass is 32.2. The van der Waals surface area contributed by atoms with Gasteiger partial charge in [0.05, 0.1) is 16.3 Å². The maximum atomic E-state index is 12.0. The van der Waals surface area contributed by atoms with Crippen LogP contribution in [-0.4, -0.2) is 18.6 Å². The average molecular weight is 248 g/mol. The van der Waals surface area contributed by atoms with Crippen LogP contribution in [0.25, 0.3) is 11.3 Å². The third-order valence-corrected chi connectivity index (χ3v) is 4.43. The predicted octanol–water partition coefficient (Wildman–Crippen LogP) is 0.724. The van der Waals surface area contributed by atoms with Gasteiger partial charge >= 0.3 is 0 Å². The highest BCUT2D eigenvalue weighted by molar-refractivity contribution is 7.90. The summed E-state index contributed by atoms with van der Waals surface area (Å²) in [5.74, 6) is -0.170. The van der Waals surface area contributed by atoms with Gasteiger partial charge in [-0.1, -0.05) is 18.2 Å². The average Bonchev–Trinajstić information content (AvgIpc) is 2.28. The molecule has 2 aromatic rings. The Morgan fingerprint density at radius 2 is 2.00 bits per heavy atom. The number of nitrogens with one attached hydrogen (secondary N) is 1. The predicted molar refractivity (Wildman–Crippen MR) is 61.2 cm³/mol. The van der Waals surface area contributed by atoms with Gasteiger partial charge in [-0.2, -0.15) is 5.10 Å². The van der Waals surface area contributed by atoms with Crippen LogP contribution >= 0.6 is 0 Å². The van der Waals surface area contributed by atoms with Gasteiger partial charge in [-0.3, -0.25) is 4.79 Å². The SMILES string of the molecule is O=c1cc2c(n[nH]1)-c1ccccc1S(=O)(=O)C2. The van der Waals surface area contributed by atoms with Gasteiger partial charge in [-0.05, 0) is 6.07 Å². The third kappa shape index (κ3) is 1.49. The summed E-state index contributed by atoms with van der Waals surface area (Å²) in [6, 6.07) is 7.95. The first-order valence-corrected chi connectivity index (χ1v) is 6.64. The van der Waals surface area contributed by atoms with Crippen molar-refractivity contribution in [1.29, 1.82) is 0 Å². The van der Waals surface area contributed by atoms with Crippen molar-refractivity contribution in [2.75, 3.05) is 0 Å². The summed E-state index contributed by atoms with van der Waals surface area (Å²) in [6.45, 7) is 0. The minimum atomic E-state index is -3.36. The molecule has 0 saturated carbocycles. The molecular weight excluding hydrogens is 240 g/mol. The molecule has 0 fully saturated rings. The Labute approximate surface area is 97.0 Å². The van der Waals surface area contributed by atoms with Gasteiger partial charge in [0.2, 0.25) is 0 Å². The van der Waals surface area contributed by atoms with E-state index in [0.717, 1.165) is 0 Å². The van der Waals surface area contributed by atoms with Gasteiger partial charge in [0.1, 0.15) is 0 Å². The van der Waals surface area contributed by atoms with E-state index in [1.807, 2.05) is 0 Å². The van der Waals surface area contributed by atoms with Gasteiger partial charge < -0.3 is 0 Å². The van der Waals surface area contributed by atoms with Gasteiger partial charge in [0, 0.05) is 17.2 Å². The Bertz CT molecular complexity index is 762. The molecule has 3 rings (SSSR count). The molecule has 6 heteroatoms. The number of hydrogen-bond donors (Lipinski definition) is 1. The summed E-state index contributed by atoms with van der Waals surface area (Å²) in [5, 5.41) is 6.25. The zero-order chi connectivity index (χ0) is 12.0. The molecule has 0 atom stereocenters. The first-order valence-electron chi connectivity index (χ1n) is 4.99. The van der Waals surface area contributed by atoms with Crippen LogP contribution in [0.15, 0.2) is 40.0 Å². The summed E-state index contributed by atoms with van der Waals surface area (Å²) in [4.78, 5) is 11.4. The molecule has 0 bridgehead atoms. The number of benzene rings is 1. The molecular formula is C11H8N2O3S. The fourth-order valence-corrected chi connectivity index (χ4v) is 3.57. The number of aromatic amines is 1. The van der Waals surface area contributed by atoms with Crippen LogP contribution in [0.5, 0.6) is 0 Å². The van der Waals surface area contributed by atoms with E-state index in [1.165, 1.54) is 6.07 Å². The van der Waals surface area contributed by atoms with Crippen molar-refractivity contribution in [2.45, 2.75) is 10.6 Å². The zero-order valence-electron chi connectivity index (χ0n) is 8.67. The number of H-pyrrole nitrogens is 1. The van der Waals surface area contributed by atoms with Gasteiger partial charge in [-0.25, -0.2) is 13.5 Å². The van der Waals surface area contributed by atoms with E-state index in [0.29, 0.717) is 16.8 Å². The van der Waals surface area contributed by atoms with Crippen molar-refractivity contribution >= 4 is 9.84 Å². The maximum Gasteiger partial charge on any atom is 0.264 e. The first-order chi connectivity index (χ1) is 8.08. The Morgan fingerprint density at radius 1 is 1.24 bits per heavy atom. The number of nitrogens with zero attached hydrogens (tertiary/aromatic N) is 1. The fourth-order valence-electron chi connectivity index (χ4n) is 2.00. The van der Waals surface area contributed by atoms with E-state index in [9.17, 15) is 13.2 Å². The highest BCUT2D eigenvalue weighted by Gasteiger charge is 2.28. The molecule has 0 aliphatic carbocycles. The summed E-state index contributed by atoms with van der Waals surface area (Å²) >= 11 is 0. The molecule has 2 heterocycles. The normalized spacial score (nSPS) is 16.0. The number of hydrogen-bond acceptors (Lipinski definition) is 4. The Kier molecular flexibility index (Phi) is 1.97.